The molecule has 2 aliphatic heterocycles. The van der Waals surface area contributed by atoms with E-state index in [1.54, 1.807) is 0 Å². The number of piperidine rings is 1. The first-order chi connectivity index (χ1) is 16.4. The van der Waals surface area contributed by atoms with Gasteiger partial charge in [0.05, 0.1) is 6.04 Å². The third-order valence-electron chi connectivity index (χ3n) is 7.15. The Balaban J connectivity index is 1.33. The fraction of sp³-hybridized carbons (Fsp3) is 0.519. The highest BCUT2D eigenvalue weighted by Crippen LogP contribution is 2.36. The number of hydrogen-bond acceptors (Lipinski definition) is 4. The molecule has 1 amide bonds. The first kappa shape index (κ1) is 25.3. The molecule has 2 fully saturated rings. The lowest BCUT2D eigenvalue weighted by molar-refractivity contribution is -0.133. The molecular weight excluding hydrogens is 469 g/mol. The Kier molecular flexibility index (Phi) is 8.75. The minimum atomic E-state index is -0.542. The zero-order valence-corrected chi connectivity index (χ0v) is 21.4. The van der Waals surface area contributed by atoms with Gasteiger partial charge in [-0.3, -0.25) is 9.69 Å². The van der Waals surface area contributed by atoms with Gasteiger partial charge in [0.25, 0.3) is 0 Å². The van der Waals surface area contributed by atoms with Crippen LogP contribution in [0.3, 0.4) is 0 Å². The summed E-state index contributed by atoms with van der Waals surface area (Å²) >= 11 is 12.3. The lowest BCUT2D eigenvalue weighted by atomic mass is 9.88. The van der Waals surface area contributed by atoms with Gasteiger partial charge in [-0.15, -0.1) is 0 Å². The number of nitrogens with two attached hydrogens (primary N) is 1. The van der Waals surface area contributed by atoms with Crippen LogP contribution in [0, 0.1) is 0 Å². The van der Waals surface area contributed by atoms with Crippen molar-refractivity contribution in [3.63, 3.8) is 0 Å². The molecule has 2 heterocycles. The van der Waals surface area contributed by atoms with Crippen LogP contribution in [0.2, 0.25) is 10.0 Å². The number of halogens is 2. The molecule has 2 aromatic rings. The van der Waals surface area contributed by atoms with Gasteiger partial charge < -0.3 is 15.4 Å². The monoisotopic (exact) mass is 503 g/mol. The van der Waals surface area contributed by atoms with E-state index in [4.69, 9.17) is 33.7 Å². The summed E-state index contributed by atoms with van der Waals surface area (Å²) in [7, 11) is 0. The summed E-state index contributed by atoms with van der Waals surface area (Å²) in [5.74, 6) is 1.23. The van der Waals surface area contributed by atoms with Crippen LogP contribution in [0.5, 0.6) is 5.75 Å². The highest BCUT2D eigenvalue weighted by molar-refractivity contribution is 6.30. The van der Waals surface area contributed by atoms with E-state index in [0.29, 0.717) is 48.1 Å². The fourth-order valence-electron chi connectivity index (χ4n) is 5.08. The smallest absolute Gasteiger partial charge is 0.239 e. The van der Waals surface area contributed by atoms with E-state index < -0.39 is 6.04 Å². The van der Waals surface area contributed by atoms with E-state index >= 15 is 0 Å². The van der Waals surface area contributed by atoms with Crippen LogP contribution < -0.4 is 10.5 Å². The highest BCUT2D eigenvalue weighted by atomic mass is 35.5. The number of likely N-dealkylation sites (tertiary alicyclic amines) is 2. The van der Waals surface area contributed by atoms with Gasteiger partial charge >= 0.3 is 0 Å². The molecule has 34 heavy (non-hydrogen) atoms. The Morgan fingerprint density at radius 1 is 1.03 bits per heavy atom. The summed E-state index contributed by atoms with van der Waals surface area (Å²) in [6.07, 6.45) is 4.83. The number of nitrogens with zero attached hydrogens (tertiary/aromatic N) is 2. The van der Waals surface area contributed by atoms with Gasteiger partial charge in [-0.1, -0.05) is 41.4 Å². The minimum Gasteiger partial charge on any atom is -0.492 e. The molecular formula is C27H35Cl2N3O2. The van der Waals surface area contributed by atoms with Crippen LogP contribution in [0.1, 0.15) is 49.7 Å². The largest absolute Gasteiger partial charge is 0.492 e. The summed E-state index contributed by atoms with van der Waals surface area (Å²) in [5.41, 5.74) is 8.47. The lowest BCUT2D eigenvalue weighted by Gasteiger charge is -2.34. The van der Waals surface area contributed by atoms with Crippen LogP contribution >= 0.6 is 23.2 Å². The highest BCUT2D eigenvalue weighted by Gasteiger charge is 2.29. The molecule has 5 nitrogen and oxygen atoms in total. The van der Waals surface area contributed by atoms with Gasteiger partial charge in [0, 0.05) is 29.2 Å². The third kappa shape index (κ3) is 6.45. The average molecular weight is 505 g/mol. The molecule has 2 saturated heterocycles. The molecule has 7 heteroatoms. The van der Waals surface area contributed by atoms with E-state index in [9.17, 15) is 4.79 Å². The number of hydrogen-bond donors (Lipinski definition) is 1. The second kappa shape index (κ2) is 11.8. The van der Waals surface area contributed by atoms with E-state index in [1.807, 2.05) is 41.3 Å². The maximum Gasteiger partial charge on any atom is 0.239 e. The van der Waals surface area contributed by atoms with Crippen LogP contribution in [0.25, 0.3) is 0 Å². The van der Waals surface area contributed by atoms with Crippen molar-refractivity contribution in [2.45, 2.75) is 57.0 Å². The van der Waals surface area contributed by atoms with E-state index in [0.717, 1.165) is 37.2 Å². The Morgan fingerprint density at radius 2 is 1.68 bits per heavy atom. The number of amides is 1. The molecule has 0 radical (unpaired) electrons. The molecule has 2 aromatic carbocycles. The Morgan fingerprint density at radius 3 is 2.35 bits per heavy atom. The summed E-state index contributed by atoms with van der Waals surface area (Å²) < 4.78 is 6.30. The van der Waals surface area contributed by atoms with Crippen molar-refractivity contribution < 1.29 is 9.53 Å². The van der Waals surface area contributed by atoms with Crippen molar-refractivity contribution >= 4 is 29.1 Å². The number of ether oxygens (including phenoxy) is 1. The zero-order chi connectivity index (χ0) is 24.1. The van der Waals surface area contributed by atoms with E-state index in [-0.39, 0.29) is 5.91 Å². The molecule has 0 spiro atoms. The van der Waals surface area contributed by atoms with Gasteiger partial charge in [0.15, 0.2) is 0 Å². The predicted molar refractivity (Wildman–Crippen MR) is 139 cm³/mol. The maximum atomic E-state index is 13.0. The molecule has 0 aromatic heterocycles. The second-order valence-corrected chi connectivity index (χ2v) is 10.5. The fourth-order valence-corrected chi connectivity index (χ4v) is 5.36. The Bertz CT molecular complexity index is 955. The SMILES string of the molecule is C[C@H](COc1cc(Cl)ccc1C1CCN(C(=O)[C@H](N)Cc2ccc(Cl)cc2)CC1)N1CCCC1. The maximum absolute atomic E-state index is 13.0. The van der Waals surface area contributed by atoms with Crippen LogP contribution in [0.15, 0.2) is 42.5 Å². The molecule has 184 valence electrons. The van der Waals surface area contributed by atoms with Crippen molar-refractivity contribution in [2.75, 3.05) is 32.8 Å². The summed E-state index contributed by atoms with van der Waals surface area (Å²) in [4.78, 5) is 17.3. The van der Waals surface area contributed by atoms with Gasteiger partial charge in [0.2, 0.25) is 5.91 Å². The summed E-state index contributed by atoms with van der Waals surface area (Å²) in [6, 6.07) is 13.3. The minimum absolute atomic E-state index is 0.0143. The number of benzene rings is 2. The molecule has 0 bridgehead atoms. The topological polar surface area (TPSA) is 58.8 Å². The molecule has 0 unspecified atom stereocenters. The van der Waals surface area contributed by atoms with Crippen LogP contribution in [-0.4, -0.2) is 60.6 Å². The summed E-state index contributed by atoms with van der Waals surface area (Å²) in [6.45, 7) is 6.59. The van der Waals surface area contributed by atoms with Gasteiger partial charge in [-0.05, 0) is 93.4 Å². The molecule has 4 rings (SSSR count). The van der Waals surface area contributed by atoms with Crippen LogP contribution in [0.4, 0.5) is 0 Å². The average Bonchev–Trinajstić information content (AvgIpc) is 3.39. The van der Waals surface area contributed by atoms with Crippen molar-refractivity contribution in [2.24, 2.45) is 5.73 Å². The summed E-state index contributed by atoms with van der Waals surface area (Å²) in [5, 5.41) is 1.37. The second-order valence-electron chi connectivity index (χ2n) is 9.62. The first-order valence-electron chi connectivity index (χ1n) is 12.4. The van der Waals surface area contributed by atoms with Crippen molar-refractivity contribution in [1.29, 1.82) is 0 Å². The molecule has 2 N–H and O–H groups in total. The molecule has 2 atom stereocenters. The van der Waals surface area contributed by atoms with Crippen LogP contribution in [-0.2, 0) is 11.2 Å². The molecule has 2 aliphatic rings. The standard InChI is InChI=1S/C27H35Cl2N3O2/c1-19(31-12-2-3-13-31)18-34-26-17-23(29)8-9-24(26)21-10-14-32(15-11-21)27(33)25(30)16-20-4-6-22(28)7-5-20/h4-9,17,19,21,25H,2-3,10-16,18,30H2,1H3/t19-,25-/m1/s1. The molecule has 0 saturated carbocycles. The van der Waals surface area contributed by atoms with Crippen molar-refractivity contribution in [3.8, 4) is 5.75 Å². The predicted octanol–water partition coefficient (Wildman–Crippen LogP) is 5.13. The Hall–Kier alpha value is -1.79. The molecule has 0 aliphatic carbocycles. The number of carbonyl (C=O) groups is 1. The van der Waals surface area contributed by atoms with Crippen molar-refractivity contribution in [1.82, 2.24) is 9.80 Å². The van der Waals surface area contributed by atoms with E-state index in [2.05, 4.69) is 17.9 Å². The van der Waals surface area contributed by atoms with Gasteiger partial charge in [-0.2, -0.15) is 0 Å². The van der Waals surface area contributed by atoms with Crippen molar-refractivity contribution in [3.05, 3.63) is 63.6 Å². The third-order valence-corrected chi connectivity index (χ3v) is 7.64. The van der Waals surface area contributed by atoms with Gasteiger partial charge in [-0.25, -0.2) is 0 Å². The quantitative estimate of drug-likeness (QED) is 0.542. The number of carbonyl (C=O) groups excluding carboxylic acids is 1. The van der Waals surface area contributed by atoms with Gasteiger partial charge in [0.1, 0.15) is 12.4 Å². The normalized spacial score (nSPS) is 19.2. The lowest BCUT2D eigenvalue weighted by Crippen LogP contribution is -2.47. The first-order valence-corrected chi connectivity index (χ1v) is 13.1. The Labute approximate surface area is 213 Å². The van der Waals surface area contributed by atoms with E-state index in [1.165, 1.54) is 18.4 Å². The zero-order valence-electron chi connectivity index (χ0n) is 19.9. The number of rotatable bonds is 8.